The van der Waals surface area contributed by atoms with Crippen LogP contribution in [0.3, 0.4) is 0 Å². The van der Waals surface area contributed by atoms with Crippen molar-refractivity contribution < 1.29 is 14.1 Å². The largest absolute Gasteiger partial charge is 0.474 e. The van der Waals surface area contributed by atoms with Gasteiger partial charge in [0.25, 0.3) is 11.8 Å². The number of benzene rings is 2. The number of rotatable bonds is 6. The summed E-state index contributed by atoms with van der Waals surface area (Å²) in [5, 5.41) is 5.07. The van der Waals surface area contributed by atoms with Gasteiger partial charge in [0.2, 0.25) is 5.88 Å². The van der Waals surface area contributed by atoms with Crippen molar-refractivity contribution in [2.24, 2.45) is 5.92 Å². The van der Waals surface area contributed by atoms with Crippen LogP contribution in [0, 0.1) is 12.8 Å². The van der Waals surface area contributed by atoms with Crippen LogP contribution in [-0.4, -0.2) is 45.1 Å². The van der Waals surface area contributed by atoms with Crippen molar-refractivity contribution in [1.82, 2.24) is 20.0 Å². The first kappa shape index (κ1) is 25.2. The molecule has 0 radical (unpaired) electrons. The molecule has 5 rings (SSSR count). The number of ether oxygens (including phenoxy) is 1. The molecular formula is C28H26Cl2N4O3. The number of halogens is 2. The molecule has 2 aromatic heterocycles. The van der Waals surface area contributed by atoms with Crippen LogP contribution in [0.25, 0.3) is 11.5 Å². The van der Waals surface area contributed by atoms with E-state index < -0.39 is 0 Å². The molecule has 190 valence electrons. The van der Waals surface area contributed by atoms with Crippen LogP contribution in [-0.2, 0) is 0 Å². The molecule has 0 aliphatic carbocycles. The molecule has 7 nitrogen and oxygen atoms in total. The molecule has 1 amide bonds. The van der Waals surface area contributed by atoms with Crippen molar-refractivity contribution in [3.63, 3.8) is 0 Å². The summed E-state index contributed by atoms with van der Waals surface area (Å²) in [5.41, 5.74) is 2.51. The topological polar surface area (TPSA) is 81.4 Å². The third-order valence-electron chi connectivity index (χ3n) is 6.77. The van der Waals surface area contributed by atoms with Crippen LogP contribution in [0.5, 0.6) is 5.88 Å². The predicted molar refractivity (Wildman–Crippen MR) is 142 cm³/mol. The van der Waals surface area contributed by atoms with Crippen molar-refractivity contribution in [2.45, 2.75) is 32.3 Å². The van der Waals surface area contributed by atoms with Gasteiger partial charge in [-0.3, -0.25) is 4.79 Å². The summed E-state index contributed by atoms with van der Waals surface area (Å²) >= 11 is 12.1. The molecular weight excluding hydrogens is 511 g/mol. The number of piperidine rings is 1. The molecule has 4 aromatic rings. The van der Waals surface area contributed by atoms with Crippen LogP contribution in [0.2, 0.25) is 10.0 Å². The molecule has 9 heteroatoms. The molecule has 1 aliphatic heterocycles. The average Bonchev–Trinajstić information content (AvgIpc) is 3.36. The summed E-state index contributed by atoms with van der Waals surface area (Å²) in [4.78, 5) is 23.9. The molecule has 0 saturated carbocycles. The average molecular weight is 537 g/mol. The third-order valence-corrected chi connectivity index (χ3v) is 7.24. The minimum Gasteiger partial charge on any atom is -0.474 e. The Morgan fingerprint density at radius 1 is 1.05 bits per heavy atom. The molecule has 0 bridgehead atoms. The highest BCUT2D eigenvalue weighted by molar-refractivity contribution is 6.30. The SMILES string of the molecule is Cc1noc(-c2ccc(C(=O)N3CC[C@H]([C@H](C)Oc4ccc(Cl)cn4)[C@@H](c4ccc(Cl)cc4)C3)cc2)n1. The second kappa shape index (κ2) is 10.9. The van der Waals surface area contributed by atoms with Gasteiger partial charge in [-0.1, -0.05) is 40.5 Å². The van der Waals surface area contributed by atoms with E-state index in [1.807, 2.05) is 41.3 Å². The summed E-state index contributed by atoms with van der Waals surface area (Å²) in [6.07, 6.45) is 2.24. The smallest absolute Gasteiger partial charge is 0.257 e. The number of hydrogen-bond donors (Lipinski definition) is 0. The Bertz CT molecular complexity index is 1360. The second-order valence-corrected chi connectivity index (χ2v) is 10.1. The number of carbonyl (C=O) groups is 1. The van der Waals surface area contributed by atoms with E-state index in [4.69, 9.17) is 32.5 Å². The van der Waals surface area contributed by atoms with Crippen molar-refractivity contribution >= 4 is 29.1 Å². The highest BCUT2D eigenvalue weighted by Crippen LogP contribution is 2.37. The van der Waals surface area contributed by atoms with Crippen molar-refractivity contribution in [3.05, 3.63) is 93.9 Å². The van der Waals surface area contributed by atoms with Gasteiger partial charge < -0.3 is 14.2 Å². The maximum absolute atomic E-state index is 13.5. The zero-order chi connectivity index (χ0) is 25.9. The predicted octanol–water partition coefficient (Wildman–Crippen LogP) is 6.46. The fourth-order valence-corrected chi connectivity index (χ4v) is 5.08. The van der Waals surface area contributed by atoms with Gasteiger partial charge in [0.1, 0.15) is 6.10 Å². The van der Waals surface area contributed by atoms with E-state index in [1.54, 1.807) is 37.4 Å². The number of likely N-dealkylation sites (tertiary alicyclic amines) is 1. The van der Waals surface area contributed by atoms with Gasteiger partial charge in [0.15, 0.2) is 5.82 Å². The number of hydrogen-bond acceptors (Lipinski definition) is 6. The van der Waals surface area contributed by atoms with E-state index in [0.717, 1.165) is 17.5 Å². The molecule has 0 spiro atoms. The molecule has 1 fully saturated rings. The van der Waals surface area contributed by atoms with Gasteiger partial charge in [0.05, 0.1) is 5.02 Å². The Hall–Kier alpha value is -3.42. The lowest BCUT2D eigenvalue weighted by Crippen LogP contribution is -2.46. The maximum atomic E-state index is 13.5. The first-order valence-electron chi connectivity index (χ1n) is 12.1. The van der Waals surface area contributed by atoms with E-state index in [1.165, 1.54) is 0 Å². The molecule has 3 heterocycles. The first-order valence-corrected chi connectivity index (χ1v) is 12.9. The fourth-order valence-electron chi connectivity index (χ4n) is 4.84. The van der Waals surface area contributed by atoms with Gasteiger partial charge in [-0.05, 0) is 68.3 Å². The van der Waals surface area contributed by atoms with E-state index in [9.17, 15) is 4.79 Å². The number of pyridine rings is 1. The Balaban J connectivity index is 1.34. The molecule has 37 heavy (non-hydrogen) atoms. The van der Waals surface area contributed by atoms with Gasteiger partial charge >= 0.3 is 0 Å². The minimum absolute atomic E-state index is 0.0152. The molecule has 1 aliphatic rings. The minimum atomic E-state index is -0.122. The zero-order valence-electron chi connectivity index (χ0n) is 20.5. The van der Waals surface area contributed by atoms with Gasteiger partial charge in [0, 0.05) is 53.3 Å². The Morgan fingerprint density at radius 3 is 2.43 bits per heavy atom. The number of aryl methyl sites for hydroxylation is 1. The lowest BCUT2D eigenvalue weighted by Gasteiger charge is -2.41. The van der Waals surface area contributed by atoms with Crippen LogP contribution in [0.1, 0.15) is 41.0 Å². The monoisotopic (exact) mass is 536 g/mol. The second-order valence-electron chi connectivity index (χ2n) is 9.22. The Morgan fingerprint density at radius 2 is 1.78 bits per heavy atom. The molecule has 2 aromatic carbocycles. The van der Waals surface area contributed by atoms with E-state index in [2.05, 4.69) is 22.0 Å². The van der Waals surface area contributed by atoms with Crippen LogP contribution >= 0.6 is 23.2 Å². The Labute approximate surface area is 225 Å². The van der Waals surface area contributed by atoms with Crippen molar-refractivity contribution in [3.8, 4) is 17.3 Å². The number of aromatic nitrogens is 3. The molecule has 0 N–H and O–H groups in total. The van der Waals surface area contributed by atoms with E-state index in [0.29, 0.717) is 46.3 Å². The quantitative estimate of drug-likeness (QED) is 0.281. The standard InChI is InChI=1S/C28H26Cl2N4O3/c1-17(36-26-12-11-23(30)15-31-26)24-13-14-34(16-25(24)19-7-9-22(29)10-8-19)28(35)21-5-3-20(4-6-21)27-32-18(2)33-37-27/h3-12,15,17,24-25H,13-14,16H2,1-2H3/t17-,24+,25+/m0/s1. The number of amides is 1. The van der Waals surface area contributed by atoms with Gasteiger partial charge in [-0.25, -0.2) is 4.98 Å². The van der Waals surface area contributed by atoms with Gasteiger partial charge in [-0.15, -0.1) is 0 Å². The zero-order valence-corrected chi connectivity index (χ0v) is 22.0. The number of carbonyl (C=O) groups excluding carboxylic acids is 1. The Kier molecular flexibility index (Phi) is 7.44. The number of nitrogens with zero attached hydrogens (tertiary/aromatic N) is 4. The van der Waals surface area contributed by atoms with Gasteiger partial charge in [-0.2, -0.15) is 4.98 Å². The lowest BCUT2D eigenvalue weighted by molar-refractivity contribution is 0.0484. The van der Waals surface area contributed by atoms with E-state index >= 15 is 0 Å². The summed E-state index contributed by atoms with van der Waals surface area (Å²) in [5.74, 6) is 1.75. The maximum Gasteiger partial charge on any atom is 0.257 e. The first-order chi connectivity index (χ1) is 17.9. The summed E-state index contributed by atoms with van der Waals surface area (Å²) in [6.45, 7) is 5.01. The van der Waals surface area contributed by atoms with Crippen LogP contribution in [0.15, 0.2) is 71.4 Å². The van der Waals surface area contributed by atoms with Crippen molar-refractivity contribution in [2.75, 3.05) is 13.1 Å². The highest BCUT2D eigenvalue weighted by Gasteiger charge is 2.37. The molecule has 3 atom stereocenters. The lowest BCUT2D eigenvalue weighted by atomic mass is 9.77. The van der Waals surface area contributed by atoms with E-state index in [-0.39, 0.29) is 23.8 Å². The fraction of sp³-hybridized carbons (Fsp3) is 0.286. The highest BCUT2D eigenvalue weighted by atomic mass is 35.5. The summed E-state index contributed by atoms with van der Waals surface area (Å²) in [7, 11) is 0. The normalized spacial score (nSPS) is 18.4. The summed E-state index contributed by atoms with van der Waals surface area (Å²) in [6, 6.07) is 18.6. The van der Waals surface area contributed by atoms with Crippen molar-refractivity contribution in [1.29, 1.82) is 0 Å². The third kappa shape index (κ3) is 5.78. The molecule has 1 saturated heterocycles. The van der Waals surface area contributed by atoms with Crippen LogP contribution in [0.4, 0.5) is 0 Å². The molecule has 0 unspecified atom stereocenters. The summed E-state index contributed by atoms with van der Waals surface area (Å²) < 4.78 is 11.4. The van der Waals surface area contributed by atoms with Crippen LogP contribution < -0.4 is 4.74 Å².